The molecule has 3 aromatic heterocycles. The molecule has 1 N–H and O–H groups in total. The monoisotopic (exact) mass is 336 g/mol. The Bertz CT molecular complexity index is 932. The molecule has 1 aliphatic heterocycles. The van der Waals surface area contributed by atoms with Crippen LogP contribution in [0, 0.1) is 11.3 Å². The topological polar surface area (TPSA) is 102 Å². The summed E-state index contributed by atoms with van der Waals surface area (Å²) in [5.41, 5.74) is 2.14. The minimum atomic E-state index is -0.0562. The Kier molecular flexibility index (Phi) is 4.14. The summed E-state index contributed by atoms with van der Waals surface area (Å²) in [7, 11) is 0. The van der Waals surface area contributed by atoms with Gasteiger partial charge < -0.3 is 14.5 Å². The highest BCUT2D eigenvalue weighted by Gasteiger charge is 2.22. The van der Waals surface area contributed by atoms with Crippen LogP contribution in [0.1, 0.15) is 30.5 Å². The van der Waals surface area contributed by atoms with Crippen molar-refractivity contribution in [2.45, 2.75) is 25.6 Å². The highest BCUT2D eigenvalue weighted by molar-refractivity contribution is 5.89. The van der Waals surface area contributed by atoms with Crippen LogP contribution in [0.5, 0.6) is 0 Å². The van der Waals surface area contributed by atoms with Crippen LogP contribution in [0.15, 0.2) is 41.7 Å². The zero-order valence-electron chi connectivity index (χ0n) is 13.4. The molecule has 0 aliphatic carbocycles. The lowest BCUT2D eigenvalue weighted by Gasteiger charge is -2.11. The van der Waals surface area contributed by atoms with Crippen LogP contribution >= 0.6 is 0 Å². The molecule has 4 rings (SSSR count). The lowest BCUT2D eigenvalue weighted by atomic mass is 10.2. The van der Waals surface area contributed by atoms with E-state index in [1.807, 2.05) is 16.7 Å². The number of hydrogen-bond acceptors (Lipinski definition) is 7. The quantitative estimate of drug-likeness (QED) is 0.714. The van der Waals surface area contributed by atoms with E-state index in [9.17, 15) is 5.26 Å². The molecule has 1 unspecified atom stereocenters. The predicted molar refractivity (Wildman–Crippen MR) is 88.7 cm³/mol. The zero-order valence-corrected chi connectivity index (χ0v) is 13.4. The molecule has 3 aromatic rings. The molecule has 126 valence electrons. The highest BCUT2D eigenvalue weighted by atomic mass is 16.5. The van der Waals surface area contributed by atoms with Gasteiger partial charge in [0.1, 0.15) is 35.6 Å². The molecule has 8 nitrogen and oxygen atoms in total. The third-order valence-corrected chi connectivity index (χ3v) is 4.05. The first kappa shape index (κ1) is 15.4. The summed E-state index contributed by atoms with van der Waals surface area (Å²) in [4.78, 5) is 13.0. The van der Waals surface area contributed by atoms with Crippen molar-refractivity contribution in [1.29, 1.82) is 5.26 Å². The van der Waals surface area contributed by atoms with Crippen molar-refractivity contribution in [2.24, 2.45) is 0 Å². The maximum absolute atomic E-state index is 9.51. The first-order valence-corrected chi connectivity index (χ1v) is 8.02. The average molecular weight is 336 g/mol. The third-order valence-electron chi connectivity index (χ3n) is 4.05. The summed E-state index contributed by atoms with van der Waals surface area (Å²) in [5.74, 6) is 0.782. The maximum atomic E-state index is 9.51. The highest BCUT2D eigenvalue weighted by Crippen LogP contribution is 2.27. The van der Waals surface area contributed by atoms with Gasteiger partial charge in [-0.3, -0.25) is 4.57 Å². The normalized spacial score (nSPS) is 17.7. The number of rotatable bonds is 5. The van der Waals surface area contributed by atoms with E-state index in [2.05, 4.69) is 26.3 Å². The van der Waals surface area contributed by atoms with E-state index in [4.69, 9.17) is 9.15 Å². The van der Waals surface area contributed by atoms with Crippen molar-refractivity contribution >= 4 is 16.7 Å². The van der Waals surface area contributed by atoms with Gasteiger partial charge in [0, 0.05) is 12.8 Å². The molecule has 0 aromatic carbocycles. The molecule has 0 saturated carbocycles. The molecule has 0 radical (unpaired) electrons. The van der Waals surface area contributed by atoms with Crippen LogP contribution in [-0.4, -0.2) is 26.1 Å². The standard InChI is InChI=1S/C17H16N6O2/c18-7-12(8-19-9-13-3-1-5-24-13)15-16-17(21-10-20-15)23(11-22-16)14-4-2-6-25-14/h1,3,5,8,10-11,14,19H,2,4,6,9H2/b12-8+. The number of ether oxygens (including phenoxy) is 1. The lowest BCUT2D eigenvalue weighted by molar-refractivity contribution is 0.0593. The van der Waals surface area contributed by atoms with Crippen molar-refractivity contribution in [2.75, 3.05) is 6.61 Å². The van der Waals surface area contributed by atoms with Crippen LogP contribution in [0.25, 0.3) is 16.7 Å². The van der Waals surface area contributed by atoms with Gasteiger partial charge in [0.15, 0.2) is 5.65 Å². The summed E-state index contributed by atoms with van der Waals surface area (Å²) < 4.78 is 12.9. The van der Waals surface area contributed by atoms with Crippen LogP contribution in [0.3, 0.4) is 0 Å². The summed E-state index contributed by atoms with van der Waals surface area (Å²) in [6.45, 7) is 1.22. The van der Waals surface area contributed by atoms with E-state index in [0.717, 1.165) is 25.2 Å². The minimum absolute atomic E-state index is 0.0562. The summed E-state index contributed by atoms with van der Waals surface area (Å²) in [6.07, 6.45) is 8.26. The predicted octanol–water partition coefficient (Wildman–Crippen LogP) is 2.38. The Labute approximate surface area is 143 Å². The van der Waals surface area contributed by atoms with Crippen LogP contribution in [0.4, 0.5) is 0 Å². The molecule has 1 fully saturated rings. The first-order chi connectivity index (χ1) is 12.4. The number of nitrogens with zero attached hydrogens (tertiary/aromatic N) is 5. The fraction of sp³-hybridized carbons (Fsp3) is 0.294. The van der Waals surface area contributed by atoms with Crippen LogP contribution in [0.2, 0.25) is 0 Å². The van der Waals surface area contributed by atoms with Gasteiger partial charge in [-0.05, 0) is 25.0 Å². The van der Waals surface area contributed by atoms with Gasteiger partial charge in [0.25, 0.3) is 0 Å². The second-order valence-corrected chi connectivity index (χ2v) is 5.64. The number of aromatic nitrogens is 4. The molecule has 4 heterocycles. The number of imidazole rings is 1. The molecule has 25 heavy (non-hydrogen) atoms. The number of nitriles is 1. The van der Waals surface area contributed by atoms with Crippen LogP contribution < -0.4 is 5.32 Å². The van der Waals surface area contributed by atoms with E-state index < -0.39 is 0 Å². The molecular weight excluding hydrogens is 320 g/mol. The van der Waals surface area contributed by atoms with Crippen molar-refractivity contribution in [3.63, 3.8) is 0 Å². The molecule has 8 heteroatoms. The Hall–Kier alpha value is -3.18. The maximum Gasteiger partial charge on any atom is 0.166 e. The smallest absolute Gasteiger partial charge is 0.166 e. The first-order valence-electron chi connectivity index (χ1n) is 8.02. The zero-order chi connectivity index (χ0) is 17.1. The minimum Gasteiger partial charge on any atom is -0.467 e. The second kappa shape index (κ2) is 6.75. The molecule has 0 spiro atoms. The number of hydrogen-bond donors (Lipinski definition) is 1. The second-order valence-electron chi connectivity index (χ2n) is 5.64. The number of allylic oxidation sites excluding steroid dienone is 1. The van der Waals surface area contributed by atoms with E-state index in [1.165, 1.54) is 6.33 Å². The van der Waals surface area contributed by atoms with E-state index in [-0.39, 0.29) is 6.23 Å². The Morgan fingerprint density at radius 3 is 3.16 bits per heavy atom. The average Bonchev–Trinajstić information content (AvgIpc) is 3.39. The molecule has 1 saturated heterocycles. The molecule has 0 amide bonds. The van der Waals surface area contributed by atoms with Crippen molar-refractivity contribution in [3.8, 4) is 6.07 Å². The van der Waals surface area contributed by atoms with Crippen molar-refractivity contribution in [3.05, 3.63) is 48.7 Å². The SMILES string of the molecule is N#C/C(=C\NCc1ccco1)c1ncnc2c1ncn2C1CCCO1. The molecule has 1 aliphatic rings. The number of furan rings is 1. The van der Waals surface area contributed by atoms with Gasteiger partial charge in [-0.1, -0.05) is 0 Å². The lowest BCUT2D eigenvalue weighted by Crippen LogP contribution is -2.07. The van der Waals surface area contributed by atoms with Gasteiger partial charge in [-0.2, -0.15) is 5.26 Å². The van der Waals surface area contributed by atoms with Crippen molar-refractivity contribution in [1.82, 2.24) is 24.8 Å². The van der Waals surface area contributed by atoms with Gasteiger partial charge in [-0.15, -0.1) is 0 Å². The van der Waals surface area contributed by atoms with Gasteiger partial charge in [0.2, 0.25) is 0 Å². The Morgan fingerprint density at radius 2 is 2.40 bits per heavy atom. The number of nitrogens with one attached hydrogen (secondary N) is 1. The van der Waals surface area contributed by atoms with Crippen LogP contribution in [-0.2, 0) is 11.3 Å². The molecule has 0 bridgehead atoms. The largest absolute Gasteiger partial charge is 0.467 e. The summed E-state index contributed by atoms with van der Waals surface area (Å²) in [6, 6.07) is 5.84. The Morgan fingerprint density at radius 1 is 1.44 bits per heavy atom. The van der Waals surface area contributed by atoms with E-state index in [0.29, 0.717) is 29.0 Å². The van der Waals surface area contributed by atoms with Gasteiger partial charge in [-0.25, -0.2) is 15.0 Å². The fourth-order valence-corrected chi connectivity index (χ4v) is 2.86. The van der Waals surface area contributed by atoms with E-state index >= 15 is 0 Å². The van der Waals surface area contributed by atoms with E-state index in [1.54, 1.807) is 18.8 Å². The third kappa shape index (κ3) is 2.97. The number of fused-ring (bicyclic) bond motifs is 1. The fourth-order valence-electron chi connectivity index (χ4n) is 2.86. The summed E-state index contributed by atoms with van der Waals surface area (Å²) >= 11 is 0. The van der Waals surface area contributed by atoms with Gasteiger partial charge in [0.05, 0.1) is 24.7 Å². The Balaban J connectivity index is 1.64. The molecule has 1 atom stereocenters. The molecular formula is C17H16N6O2. The van der Waals surface area contributed by atoms with Gasteiger partial charge >= 0.3 is 0 Å². The van der Waals surface area contributed by atoms with Crippen molar-refractivity contribution < 1.29 is 9.15 Å². The summed E-state index contributed by atoms with van der Waals surface area (Å²) in [5, 5.41) is 12.6.